The summed E-state index contributed by atoms with van der Waals surface area (Å²) in [5.41, 5.74) is 5.16. The van der Waals surface area contributed by atoms with Crippen LogP contribution < -0.4 is 10.9 Å². The summed E-state index contributed by atoms with van der Waals surface area (Å²) in [6, 6.07) is 6.48. The van der Waals surface area contributed by atoms with Gasteiger partial charge in [-0.05, 0) is 23.8 Å². The Labute approximate surface area is 144 Å². The minimum Gasteiger partial charge on any atom is -0.277 e. The van der Waals surface area contributed by atoms with Crippen LogP contribution in [0.15, 0.2) is 42.7 Å². The molecule has 0 atom stereocenters. The number of carbonyl (C=O) groups is 2. The van der Waals surface area contributed by atoms with E-state index in [9.17, 15) is 22.8 Å². The average Bonchev–Trinajstić information content (AvgIpc) is 3.01. The predicted molar refractivity (Wildman–Crippen MR) is 85.3 cm³/mol. The van der Waals surface area contributed by atoms with E-state index in [1.165, 1.54) is 23.1 Å². The number of hydrogen-bond donors (Lipinski definition) is 2. The van der Waals surface area contributed by atoms with Crippen molar-refractivity contribution in [2.75, 3.05) is 0 Å². The highest BCUT2D eigenvalue weighted by atomic mass is 19.4. The zero-order chi connectivity index (χ0) is 18.7. The molecule has 2 amide bonds. The molecule has 10 heteroatoms. The Bertz CT molecular complexity index is 968. The highest BCUT2D eigenvalue weighted by Crippen LogP contribution is 2.32. The van der Waals surface area contributed by atoms with Gasteiger partial charge < -0.3 is 0 Å². The molecule has 0 unspecified atom stereocenters. The number of benzene rings is 1. The molecule has 0 saturated heterocycles. The molecule has 0 aliphatic heterocycles. The smallest absolute Gasteiger partial charge is 0.277 e. The van der Waals surface area contributed by atoms with Crippen LogP contribution in [0.2, 0.25) is 0 Å². The van der Waals surface area contributed by atoms with Crippen LogP contribution in [0.25, 0.3) is 22.2 Å². The van der Waals surface area contributed by atoms with Gasteiger partial charge in [0.1, 0.15) is 12.1 Å². The summed E-state index contributed by atoms with van der Waals surface area (Å²) in [6.07, 6.45) is -1.26. The second-order valence-electron chi connectivity index (χ2n) is 5.32. The Hall–Kier alpha value is -3.43. The van der Waals surface area contributed by atoms with Crippen molar-refractivity contribution >= 4 is 23.4 Å². The molecule has 0 aliphatic rings. The first-order valence-corrected chi connectivity index (χ1v) is 7.35. The molecule has 3 rings (SSSR count). The quantitative estimate of drug-likeness (QED) is 0.535. The zero-order valence-corrected chi connectivity index (χ0v) is 13.1. The van der Waals surface area contributed by atoms with Gasteiger partial charge in [-0.15, -0.1) is 0 Å². The van der Waals surface area contributed by atoms with E-state index in [-0.39, 0.29) is 6.54 Å². The Kier molecular flexibility index (Phi) is 4.57. The van der Waals surface area contributed by atoms with Gasteiger partial charge in [0.25, 0.3) is 5.91 Å². The lowest BCUT2D eigenvalue weighted by Gasteiger charge is -2.09. The summed E-state index contributed by atoms with van der Waals surface area (Å²) in [4.78, 5) is 26.0. The van der Waals surface area contributed by atoms with Crippen LogP contribution in [0.1, 0.15) is 5.56 Å². The maximum absolute atomic E-state index is 12.9. The second-order valence-corrected chi connectivity index (χ2v) is 5.32. The number of halogens is 3. The van der Waals surface area contributed by atoms with Crippen LogP contribution in [0, 0.1) is 0 Å². The SMILES string of the molecule is O=CNNC(=O)Cn1ncc2ncc(-c3cccc(C(F)(F)F)c3)cc21. The molecule has 0 bridgehead atoms. The first-order valence-electron chi connectivity index (χ1n) is 7.35. The van der Waals surface area contributed by atoms with Gasteiger partial charge in [-0.1, -0.05) is 12.1 Å². The summed E-state index contributed by atoms with van der Waals surface area (Å²) in [5.74, 6) is -0.522. The third-order valence-corrected chi connectivity index (χ3v) is 3.58. The number of hydrogen-bond acceptors (Lipinski definition) is 4. The van der Waals surface area contributed by atoms with Gasteiger partial charge >= 0.3 is 6.18 Å². The van der Waals surface area contributed by atoms with Crippen molar-refractivity contribution in [2.45, 2.75) is 12.7 Å². The topological polar surface area (TPSA) is 88.9 Å². The van der Waals surface area contributed by atoms with Crippen LogP contribution >= 0.6 is 0 Å². The first-order chi connectivity index (χ1) is 12.4. The molecular weight excluding hydrogens is 351 g/mol. The number of aromatic nitrogens is 3. The van der Waals surface area contributed by atoms with E-state index in [1.54, 1.807) is 12.1 Å². The number of nitrogens with zero attached hydrogens (tertiary/aromatic N) is 3. The Morgan fingerprint density at radius 3 is 2.73 bits per heavy atom. The fourth-order valence-electron chi connectivity index (χ4n) is 2.40. The summed E-state index contributed by atoms with van der Waals surface area (Å²) >= 11 is 0. The lowest BCUT2D eigenvalue weighted by molar-refractivity contribution is -0.137. The molecule has 0 saturated carbocycles. The standard InChI is InChI=1S/C16H12F3N5O2/c17-16(18,19)12-3-1-2-10(4-12)11-5-14-13(20-6-11)7-22-24(14)8-15(26)23-21-9-25/h1-7,9H,8H2,(H,21,25)(H,23,26). The maximum atomic E-state index is 12.9. The van der Waals surface area contributed by atoms with Crippen molar-refractivity contribution in [1.29, 1.82) is 0 Å². The molecule has 7 nitrogen and oxygen atoms in total. The Morgan fingerprint density at radius 2 is 2.00 bits per heavy atom. The minimum atomic E-state index is -4.45. The molecule has 2 aromatic heterocycles. The molecule has 0 aliphatic carbocycles. The lowest BCUT2D eigenvalue weighted by atomic mass is 10.0. The molecule has 0 spiro atoms. The molecule has 0 radical (unpaired) electrons. The van der Waals surface area contributed by atoms with Crippen molar-refractivity contribution in [3.63, 3.8) is 0 Å². The predicted octanol–water partition coefficient (Wildman–Crippen LogP) is 1.89. The van der Waals surface area contributed by atoms with Crippen molar-refractivity contribution in [3.8, 4) is 11.1 Å². The van der Waals surface area contributed by atoms with E-state index in [2.05, 4.69) is 15.5 Å². The average molecular weight is 363 g/mol. The number of amides is 2. The summed E-state index contributed by atoms with van der Waals surface area (Å²) in [7, 11) is 0. The van der Waals surface area contributed by atoms with Gasteiger partial charge in [0.05, 0.1) is 17.3 Å². The molecule has 26 heavy (non-hydrogen) atoms. The van der Waals surface area contributed by atoms with E-state index < -0.39 is 17.6 Å². The van der Waals surface area contributed by atoms with Gasteiger partial charge in [0, 0.05) is 11.8 Å². The molecule has 3 aromatic rings. The Balaban J connectivity index is 1.95. The number of hydrazine groups is 1. The van der Waals surface area contributed by atoms with E-state index in [0.29, 0.717) is 28.6 Å². The third kappa shape index (κ3) is 3.63. The summed E-state index contributed by atoms with van der Waals surface area (Å²) < 4.78 is 40.0. The number of rotatable bonds is 5. The third-order valence-electron chi connectivity index (χ3n) is 3.58. The normalized spacial score (nSPS) is 11.3. The fourth-order valence-corrected chi connectivity index (χ4v) is 2.40. The summed E-state index contributed by atoms with van der Waals surface area (Å²) in [6.45, 7) is -0.196. The van der Waals surface area contributed by atoms with E-state index >= 15 is 0 Å². The fraction of sp³-hybridized carbons (Fsp3) is 0.125. The molecule has 1 aromatic carbocycles. The monoisotopic (exact) mass is 363 g/mol. The van der Waals surface area contributed by atoms with Gasteiger partial charge in [0.15, 0.2) is 0 Å². The van der Waals surface area contributed by atoms with E-state index in [0.717, 1.165) is 12.1 Å². The zero-order valence-electron chi connectivity index (χ0n) is 13.1. The van der Waals surface area contributed by atoms with Crippen molar-refractivity contribution < 1.29 is 22.8 Å². The van der Waals surface area contributed by atoms with Gasteiger partial charge in [-0.25, -0.2) is 0 Å². The second kappa shape index (κ2) is 6.82. The molecular formula is C16H12F3N5O2. The Morgan fingerprint density at radius 1 is 1.19 bits per heavy atom. The van der Waals surface area contributed by atoms with Gasteiger partial charge in [0.2, 0.25) is 6.41 Å². The van der Waals surface area contributed by atoms with Crippen molar-refractivity contribution in [1.82, 2.24) is 25.6 Å². The maximum Gasteiger partial charge on any atom is 0.416 e. The van der Waals surface area contributed by atoms with Gasteiger partial charge in [-0.3, -0.25) is 30.1 Å². The number of pyridine rings is 1. The summed E-state index contributed by atoms with van der Waals surface area (Å²) in [5, 5.41) is 4.03. The molecule has 2 N–H and O–H groups in total. The van der Waals surface area contributed by atoms with Crippen LogP contribution in [0.4, 0.5) is 13.2 Å². The molecule has 134 valence electrons. The van der Waals surface area contributed by atoms with Crippen molar-refractivity contribution in [2.24, 2.45) is 0 Å². The van der Waals surface area contributed by atoms with Crippen molar-refractivity contribution in [3.05, 3.63) is 48.3 Å². The number of carbonyl (C=O) groups excluding carboxylic acids is 2. The largest absolute Gasteiger partial charge is 0.416 e. The van der Waals surface area contributed by atoms with Crippen LogP contribution in [-0.4, -0.2) is 27.1 Å². The number of fused-ring (bicyclic) bond motifs is 1. The van der Waals surface area contributed by atoms with E-state index in [4.69, 9.17) is 0 Å². The minimum absolute atomic E-state index is 0.196. The lowest BCUT2D eigenvalue weighted by Crippen LogP contribution is -2.38. The molecule has 0 fully saturated rings. The molecule has 2 heterocycles. The number of nitrogens with one attached hydrogen (secondary N) is 2. The first kappa shape index (κ1) is 17.4. The van der Waals surface area contributed by atoms with Gasteiger partial charge in [-0.2, -0.15) is 18.3 Å². The van der Waals surface area contributed by atoms with Crippen LogP contribution in [0.5, 0.6) is 0 Å². The van der Waals surface area contributed by atoms with E-state index in [1.807, 2.05) is 5.43 Å². The number of alkyl halides is 3. The van der Waals surface area contributed by atoms with Crippen LogP contribution in [-0.2, 0) is 22.3 Å². The highest BCUT2D eigenvalue weighted by molar-refractivity contribution is 5.83. The highest BCUT2D eigenvalue weighted by Gasteiger charge is 2.30. The van der Waals surface area contributed by atoms with Crippen LogP contribution in [0.3, 0.4) is 0 Å².